The molecule has 1 saturated heterocycles. The summed E-state index contributed by atoms with van der Waals surface area (Å²) < 4.78 is 0. The predicted molar refractivity (Wildman–Crippen MR) is 29.5 cm³/mol. The van der Waals surface area contributed by atoms with Gasteiger partial charge < -0.3 is 15.5 Å². The fraction of sp³-hybridized carbons (Fsp3) is 1.00. The minimum absolute atomic E-state index is 0.0463. The highest BCUT2D eigenvalue weighted by Crippen LogP contribution is 2.05. The molecule has 0 bridgehead atoms. The van der Waals surface area contributed by atoms with Crippen LogP contribution in [0.5, 0.6) is 0 Å². The first kappa shape index (κ1) is 6.01. The zero-order valence-electron chi connectivity index (χ0n) is 4.83. The maximum atomic E-state index is 8.95. The van der Waals surface area contributed by atoms with Crippen LogP contribution in [0.4, 0.5) is 0 Å². The maximum absolute atomic E-state index is 8.95. The summed E-state index contributed by atoms with van der Waals surface area (Å²) in [6.45, 7) is 2.36. The Hall–Kier alpha value is -0.120. The summed E-state index contributed by atoms with van der Waals surface area (Å²) in [5, 5.41) is 20.7. The smallest absolute Gasteiger partial charge is 0.0961 e. The van der Waals surface area contributed by atoms with Gasteiger partial charge in [-0.15, -0.1) is 0 Å². The van der Waals surface area contributed by atoms with Crippen molar-refractivity contribution in [1.82, 2.24) is 5.32 Å². The molecule has 0 radical (unpaired) electrons. The number of rotatable bonds is 0. The van der Waals surface area contributed by atoms with Crippen molar-refractivity contribution in [2.24, 2.45) is 0 Å². The third-order valence-corrected chi connectivity index (χ3v) is 1.56. The minimum Gasteiger partial charge on any atom is -0.389 e. The summed E-state index contributed by atoms with van der Waals surface area (Å²) in [6.07, 6.45) is -1.14. The van der Waals surface area contributed by atoms with Gasteiger partial charge in [-0.1, -0.05) is 0 Å². The van der Waals surface area contributed by atoms with Crippen LogP contribution in [0.3, 0.4) is 0 Å². The van der Waals surface area contributed by atoms with E-state index in [9.17, 15) is 0 Å². The van der Waals surface area contributed by atoms with Gasteiger partial charge in [-0.25, -0.2) is 0 Å². The van der Waals surface area contributed by atoms with Gasteiger partial charge in [0.05, 0.1) is 12.2 Å². The summed E-state index contributed by atoms with van der Waals surface area (Å²) >= 11 is 0. The van der Waals surface area contributed by atoms with Crippen molar-refractivity contribution in [2.45, 2.75) is 25.2 Å². The normalized spacial score (nSPS) is 47.6. The molecule has 3 N–H and O–H groups in total. The van der Waals surface area contributed by atoms with Gasteiger partial charge in [-0.05, 0) is 6.92 Å². The van der Waals surface area contributed by atoms with E-state index in [0.717, 1.165) is 0 Å². The summed E-state index contributed by atoms with van der Waals surface area (Å²) in [5.74, 6) is 0. The van der Waals surface area contributed by atoms with E-state index in [1.54, 1.807) is 0 Å². The summed E-state index contributed by atoms with van der Waals surface area (Å²) in [7, 11) is 0. The van der Waals surface area contributed by atoms with Gasteiger partial charge in [0, 0.05) is 12.6 Å². The summed E-state index contributed by atoms with van der Waals surface area (Å²) in [5.41, 5.74) is 0. The molecule has 3 heteroatoms. The number of aliphatic hydroxyl groups excluding tert-OH is 2. The Balaban J connectivity index is 2.44. The molecule has 48 valence electrons. The number of nitrogens with one attached hydrogen (secondary N) is 1. The van der Waals surface area contributed by atoms with Crippen LogP contribution in [0.1, 0.15) is 6.92 Å². The predicted octanol–water partition coefficient (Wildman–Crippen LogP) is -1.30. The van der Waals surface area contributed by atoms with Crippen LogP contribution >= 0.6 is 0 Å². The molecule has 0 aromatic heterocycles. The average molecular weight is 117 g/mol. The molecule has 1 rings (SSSR count). The van der Waals surface area contributed by atoms with E-state index < -0.39 is 12.2 Å². The second kappa shape index (κ2) is 2.01. The van der Waals surface area contributed by atoms with Crippen molar-refractivity contribution < 1.29 is 10.2 Å². The number of hydrogen-bond acceptors (Lipinski definition) is 3. The highest BCUT2D eigenvalue weighted by Gasteiger charge is 2.28. The van der Waals surface area contributed by atoms with Gasteiger partial charge in [0.25, 0.3) is 0 Å². The molecule has 3 nitrogen and oxygen atoms in total. The van der Waals surface area contributed by atoms with Crippen LogP contribution in [-0.2, 0) is 0 Å². The molecule has 3 atom stereocenters. The highest BCUT2D eigenvalue weighted by molar-refractivity contribution is 4.86. The Kier molecular flexibility index (Phi) is 1.51. The van der Waals surface area contributed by atoms with Crippen LogP contribution in [0.15, 0.2) is 0 Å². The first-order valence-corrected chi connectivity index (χ1v) is 2.81. The van der Waals surface area contributed by atoms with Crippen molar-refractivity contribution in [2.75, 3.05) is 6.54 Å². The monoisotopic (exact) mass is 117 g/mol. The molecular weight excluding hydrogens is 106 g/mol. The number of hydrogen-bond donors (Lipinski definition) is 3. The van der Waals surface area contributed by atoms with Crippen molar-refractivity contribution >= 4 is 0 Å². The fourth-order valence-electron chi connectivity index (χ4n) is 0.881. The molecule has 0 aromatic carbocycles. The molecule has 8 heavy (non-hydrogen) atoms. The van der Waals surface area contributed by atoms with Gasteiger partial charge in [-0.3, -0.25) is 0 Å². The van der Waals surface area contributed by atoms with E-state index in [1.807, 2.05) is 6.92 Å². The zero-order chi connectivity index (χ0) is 6.15. The lowest BCUT2D eigenvalue weighted by molar-refractivity contribution is 0.0436. The Morgan fingerprint density at radius 2 is 2.12 bits per heavy atom. The molecule has 0 amide bonds. The second-order valence-electron chi connectivity index (χ2n) is 2.25. The van der Waals surface area contributed by atoms with Crippen LogP contribution in [0, 0.1) is 0 Å². The fourth-order valence-corrected chi connectivity index (χ4v) is 0.881. The standard InChI is InChI=1S/C5H11NO2/c1-3-5(8)4(7)2-6-3/h3-8H,2H2,1H3/t3-,4-,5+/m1/s1. The molecule has 1 heterocycles. The Labute approximate surface area is 48.3 Å². The van der Waals surface area contributed by atoms with E-state index in [2.05, 4.69) is 5.32 Å². The van der Waals surface area contributed by atoms with Gasteiger partial charge in [0.2, 0.25) is 0 Å². The lowest BCUT2D eigenvalue weighted by atomic mass is 10.2. The van der Waals surface area contributed by atoms with E-state index in [1.165, 1.54) is 0 Å². The Morgan fingerprint density at radius 1 is 1.50 bits per heavy atom. The number of β-amino-alcohol motifs (C(OH)–C–C–N with tert-alkyl or cyclic N) is 1. The maximum Gasteiger partial charge on any atom is 0.0961 e. The quantitative estimate of drug-likeness (QED) is 0.369. The third-order valence-electron chi connectivity index (χ3n) is 1.56. The van der Waals surface area contributed by atoms with Crippen LogP contribution < -0.4 is 5.32 Å². The topological polar surface area (TPSA) is 52.5 Å². The number of aliphatic hydroxyl groups is 2. The van der Waals surface area contributed by atoms with Crippen LogP contribution in [0.2, 0.25) is 0 Å². The Bertz CT molecular complexity index is 76.5. The largest absolute Gasteiger partial charge is 0.389 e. The molecule has 0 unspecified atom stereocenters. The molecule has 0 aromatic rings. The molecule has 0 spiro atoms. The summed E-state index contributed by atoms with van der Waals surface area (Å²) in [4.78, 5) is 0. The van der Waals surface area contributed by atoms with E-state index in [4.69, 9.17) is 10.2 Å². The van der Waals surface area contributed by atoms with Crippen molar-refractivity contribution in [3.8, 4) is 0 Å². The van der Waals surface area contributed by atoms with E-state index in [-0.39, 0.29) is 6.04 Å². The molecule has 1 fully saturated rings. The molecule has 0 aliphatic carbocycles. The lowest BCUT2D eigenvalue weighted by Gasteiger charge is -2.08. The van der Waals surface area contributed by atoms with E-state index >= 15 is 0 Å². The van der Waals surface area contributed by atoms with Crippen LogP contribution in [-0.4, -0.2) is 35.0 Å². The first-order valence-electron chi connectivity index (χ1n) is 2.81. The van der Waals surface area contributed by atoms with Gasteiger partial charge in [-0.2, -0.15) is 0 Å². The van der Waals surface area contributed by atoms with Gasteiger partial charge in [0.15, 0.2) is 0 Å². The molecule has 0 saturated carbocycles. The third kappa shape index (κ3) is 0.844. The summed E-state index contributed by atoms with van der Waals surface area (Å²) in [6, 6.07) is 0.0463. The molecular formula is C5H11NO2. The van der Waals surface area contributed by atoms with Gasteiger partial charge in [0.1, 0.15) is 0 Å². The SMILES string of the molecule is C[C@H]1NC[C@@H](O)[C@H]1O. The first-order chi connectivity index (χ1) is 3.72. The van der Waals surface area contributed by atoms with Crippen molar-refractivity contribution in [1.29, 1.82) is 0 Å². The Morgan fingerprint density at radius 3 is 2.25 bits per heavy atom. The second-order valence-corrected chi connectivity index (χ2v) is 2.25. The molecule has 1 aliphatic heterocycles. The van der Waals surface area contributed by atoms with Crippen molar-refractivity contribution in [3.63, 3.8) is 0 Å². The highest BCUT2D eigenvalue weighted by atomic mass is 16.3. The van der Waals surface area contributed by atoms with E-state index in [0.29, 0.717) is 6.54 Å². The lowest BCUT2D eigenvalue weighted by Crippen LogP contribution is -2.29. The van der Waals surface area contributed by atoms with Gasteiger partial charge >= 0.3 is 0 Å². The zero-order valence-corrected chi connectivity index (χ0v) is 4.83. The molecule has 1 aliphatic rings. The minimum atomic E-state index is -0.574. The van der Waals surface area contributed by atoms with Crippen molar-refractivity contribution in [3.05, 3.63) is 0 Å². The van der Waals surface area contributed by atoms with Crippen LogP contribution in [0.25, 0.3) is 0 Å². The average Bonchev–Trinajstić information content (AvgIpc) is 1.98.